The van der Waals surface area contributed by atoms with Crippen molar-refractivity contribution in [3.05, 3.63) is 5.82 Å². The van der Waals surface area contributed by atoms with Crippen LogP contribution in [0.3, 0.4) is 0 Å². The normalized spacial score (nSPS) is 15.3. The lowest BCUT2D eigenvalue weighted by atomic mass is 10.3. The third-order valence-electron chi connectivity index (χ3n) is 2.52. The molecule has 1 aliphatic carbocycles. The molecule has 2 rings (SSSR count). The molecule has 1 saturated carbocycles. The molecule has 0 radical (unpaired) electrons. The molecule has 0 atom stereocenters. The second-order valence-electron chi connectivity index (χ2n) is 3.90. The fourth-order valence-corrected chi connectivity index (χ4v) is 2.39. The van der Waals surface area contributed by atoms with Crippen molar-refractivity contribution >= 4 is 17.7 Å². The number of thioether (sulfide) groups is 1. The van der Waals surface area contributed by atoms with E-state index in [9.17, 15) is 4.79 Å². The second-order valence-corrected chi connectivity index (χ2v) is 5.13. The molecule has 0 saturated heterocycles. The summed E-state index contributed by atoms with van der Waals surface area (Å²) in [5, 5.41) is 9.30. The Balaban J connectivity index is 2.13. The summed E-state index contributed by atoms with van der Waals surface area (Å²) in [5.74, 6) is 1.60. The van der Waals surface area contributed by atoms with Crippen molar-refractivity contribution in [3.8, 4) is 0 Å². The largest absolute Gasteiger partial charge is 0.370 e. The predicted octanol–water partition coefficient (Wildman–Crippen LogP) is 1.14. The van der Waals surface area contributed by atoms with Gasteiger partial charge in [-0.3, -0.25) is 4.79 Å². The van der Waals surface area contributed by atoms with Crippen LogP contribution in [0, 0.1) is 0 Å². The van der Waals surface area contributed by atoms with Gasteiger partial charge >= 0.3 is 0 Å². The molecule has 16 heavy (non-hydrogen) atoms. The van der Waals surface area contributed by atoms with Crippen molar-refractivity contribution in [2.24, 2.45) is 5.73 Å². The number of aromatic nitrogens is 3. The molecule has 0 aromatic carbocycles. The molecule has 0 aliphatic heterocycles. The number of nitrogens with zero attached hydrogens (tertiary/aromatic N) is 3. The first-order chi connectivity index (χ1) is 7.72. The van der Waals surface area contributed by atoms with Gasteiger partial charge in [0.25, 0.3) is 0 Å². The Bertz CT molecular complexity index is 386. The van der Waals surface area contributed by atoms with E-state index in [0.717, 1.165) is 16.7 Å². The zero-order valence-corrected chi connectivity index (χ0v) is 10.2. The van der Waals surface area contributed by atoms with Gasteiger partial charge in [-0.05, 0) is 18.6 Å². The number of hydrogen-bond donors (Lipinski definition) is 1. The van der Waals surface area contributed by atoms with Gasteiger partial charge in [-0.25, -0.2) is 0 Å². The van der Waals surface area contributed by atoms with Crippen LogP contribution in [0.2, 0.25) is 0 Å². The Morgan fingerprint density at radius 3 is 2.88 bits per heavy atom. The minimum atomic E-state index is -0.282. The van der Waals surface area contributed by atoms with Gasteiger partial charge < -0.3 is 10.3 Å². The highest BCUT2D eigenvalue weighted by Gasteiger charge is 2.29. The van der Waals surface area contributed by atoms with Gasteiger partial charge in [0.1, 0.15) is 5.82 Å². The number of amides is 1. The van der Waals surface area contributed by atoms with Crippen LogP contribution in [0.25, 0.3) is 0 Å². The highest BCUT2D eigenvalue weighted by molar-refractivity contribution is 7.99. The smallest absolute Gasteiger partial charge is 0.217 e. The molecule has 1 aromatic heterocycles. The van der Waals surface area contributed by atoms with E-state index in [2.05, 4.69) is 21.7 Å². The van der Waals surface area contributed by atoms with Crippen molar-refractivity contribution in [1.29, 1.82) is 0 Å². The molecule has 5 nitrogen and oxygen atoms in total. The first-order valence-electron chi connectivity index (χ1n) is 5.57. The molecule has 1 aliphatic rings. The minimum Gasteiger partial charge on any atom is -0.370 e. The minimum absolute atomic E-state index is 0.282. The van der Waals surface area contributed by atoms with Crippen molar-refractivity contribution in [1.82, 2.24) is 14.8 Å². The van der Waals surface area contributed by atoms with Crippen LogP contribution in [0.1, 0.15) is 38.1 Å². The van der Waals surface area contributed by atoms with Gasteiger partial charge in [0.2, 0.25) is 5.91 Å². The monoisotopic (exact) mass is 240 g/mol. The third-order valence-corrected chi connectivity index (χ3v) is 3.34. The number of nitrogens with two attached hydrogens (primary N) is 1. The maximum Gasteiger partial charge on any atom is 0.217 e. The number of rotatable bonds is 6. The zero-order valence-electron chi connectivity index (χ0n) is 9.35. The number of carbonyl (C=O) groups excluding carboxylic acids is 1. The lowest BCUT2D eigenvalue weighted by Crippen LogP contribution is -2.13. The lowest BCUT2D eigenvalue weighted by molar-refractivity contribution is -0.118. The summed E-state index contributed by atoms with van der Waals surface area (Å²) < 4.78 is 2.18. The molecule has 0 spiro atoms. The van der Waals surface area contributed by atoms with Crippen LogP contribution < -0.4 is 5.73 Å². The predicted molar refractivity (Wildman–Crippen MR) is 62.2 cm³/mol. The highest BCUT2D eigenvalue weighted by atomic mass is 32.2. The molecule has 1 fully saturated rings. The average molecular weight is 240 g/mol. The fourth-order valence-electron chi connectivity index (χ4n) is 1.64. The Hall–Kier alpha value is -1.04. The van der Waals surface area contributed by atoms with Crippen LogP contribution in [0.4, 0.5) is 0 Å². The standard InChI is InChI=1S/C10H16N4OS/c1-2-16-10-13-12-9(6-5-8(11)15)14(10)7-3-4-7/h7H,2-6H2,1H3,(H2,11,15). The number of primary amides is 1. The Morgan fingerprint density at radius 1 is 1.56 bits per heavy atom. The van der Waals surface area contributed by atoms with E-state index >= 15 is 0 Å². The van der Waals surface area contributed by atoms with E-state index in [1.807, 2.05) is 0 Å². The van der Waals surface area contributed by atoms with Crippen LogP contribution in [-0.2, 0) is 11.2 Å². The molecule has 2 N–H and O–H groups in total. The molecule has 1 amide bonds. The fraction of sp³-hybridized carbons (Fsp3) is 0.700. The van der Waals surface area contributed by atoms with E-state index in [1.54, 1.807) is 11.8 Å². The topological polar surface area (TPSA) is 73.8 Å². The molecular formula is C10H16N4OS. The molecule has 0 unspecified atom stereocenters. The average Bonchev–Trinajstić information content (AvgIpc) is 2.99. The summed E-state index contributed by atoms with van der Waals surface area (Å²) in [5.41, 5.74) is 5.15. The van der Waals surface area contributed by atoms with E-state index in [4.69, 9.17) is 5.73 Å². The van der Waals surface area contributed by atoms with E-state index in [1.165, 1.54) is 12.8 Å². The van der Waals surface area contributed by atoms with Crippen molar-refractivity contribution in [2.75, 3.05) is 5.75 Å². The van der Waals surface area contributed by atoms with Gasteiger partial charge in [0, 0.05) is 18.9 Å². The first-order valence-corrected chi connectivity index (χ1v) is 6.55. The maximum absolute atomic E-state index is 10.8. The highest BCUT2D eigenvalue weighted by Crippen LogP contribution is 2.38. The molecule has 6 heteroatoms. The van der Waals surface area contributed by atoms with Gasteiger partial charge in [0.05, 0.1) is 0 Å². The van der Waals surface area contributed by atoms with Crippen LogP contribution >= 0.6 is 11.8 Å². The first kappa shape index (κ1) is 11.4. The van der Waals surface area contributed by atoms with Crippen molar-refractivity contribution in [3.63, 3.8) is 0 Å². The second kappa shape index (κ2) is 4.86. The van der Waals surface area contributed by atoms with E-state index in [-0.39, 0.29) is 5.91 Å². The van der Waals surface area contributed by atoms with Gasteiger partial charge in [0.15, 0.2) is 5.16 Å². The van der Waals surface area contributed by atoms with Crippen LogP contribution in [0.15, 0.2) is 5.16 Å². The lowest BCUT2D eigenvalue weighted by Gasteiger charge is -2.06. The van der Waals surface area contributed by atoms with Gasteiger partial charge in [-0.1, -0.05) is 18.7 Å². The summed E-state index contributed by atoms with van der Waals surface area (Å²) >= 11 is 1.70. The summed E-state index contributed by atoms with van der Waals surface area (Å²) in [6.07, 6.45) is 3.34. The van der Waals surface area contributed by atoms with E-state index in [0.29, 0.717) is 18.9 Å². The molecule has 1 aromatic rings. The Labute approximate surface area is 98.8 Å². The molecule has 0 bridgehead atoms. The third kappa shape index (κ3) is 2.55. The quantitative estimate of drug-likeness (QED) is 0.757. The number of hydrogen-bond acceptors (Lipinski definition) is 4. The van der Waals surface area contributed by atoms with Gasteiger partial charge in [-0.2, -0.15) is 0 Å². The number of aryl methyl sites for hydroxylation is 1. The van der Waals surface area contributed by atoms with E-state index < -0.39 is 0 Å². The maximum atomic E-state index is 10.8. The van der Waals surface area contributed by atoms with Crippen LogP contribution in [-0.4, -0.2) is 26.4 Å². The Kier molecular flexibility index (Phi) is 3.48. The van der Waals surface area contributed by atoms with Crippen molar-refractivity contribution < 1.29 is 4.79 Å². The molecule has 88 valence electrons. The van der Waals surface area contributed by atoms with Crippen molar-refractivity contribution in [2.45, 2.75) is 43.8 Å². The molecular weight excluding hydrogens is 224 g/mol. The number of carbonyl (C=O) groups is 1. The van der Waals surface area contributed by atoms with Crippen LogP contribution in [0.5, 0.6) is 0 Å². The SMILES string of the molecule is CCSc1nnc(CCC(N)=O)n1C1CC1. The molecule has 1 heterocycles. The zero-order chi connectivity index (χ0) is 11.5. The van der Waals surface area contributed by atoms with Gasteiger partial charge in [-0.15, -0.1) is 10.2 Å². The summed E-state index contributed by atoms with van der Waals surface area (Å²) in [7, 11) is 0. The Morgan fingerprint density at radius 2 is 2.31 bits per heavy atom. The summed E-state index contributed by atoms with van der Waals surface area (Å²) in [4.78, 5) is 10.8. The summed E-state index contributed by atoms with van der Waals surface area (Å²) in [6, 6.07) is 0.548. The summed E-state index contributed by atoms with van der Waals surface area (Å²) in [6.45, 7) is 2.10.